The van der Waals surface area contributed by atoms with Crippen LogP contribution in [0.3, 0.4) is 0 Å². The Hall–Kier alpha value is -0.930. The summed E-state index contributed by atoms with van der Waals surface area (Å²) in [6.45, 7) is 3.43. The van der Waals surface area contributed by atoms with Crippen LogP contribution in [-0.4, -0.2) is 20.3 Å². The van der Waals surface area contributed by atoms with E-state index >= 15 is 0 Å². The number of halogens is 1. The van der Waals surface area contributed by atoms with Crippen LogP contribution in [0.2, 0.25) is 5.02 Å². The van der Waals surface area contributed by atoms with Crippen LogP contribution in [0.25, 0.3) is 0 Å². The Labute approximate surface area is 114 Å². The lowest BCUT2D eigenvalue weighted by Gasteiger charge is -2.15. The second-order valence-electron chi connectivity index (χ2n) is 4.19. The fourth-order valence-electron chi connectivity index (χ4n) is 1.81. The zero-order chi connectivity index (χ0) is 13.4. The highest BCUT2D eigenvalue weighted by molar-refractivity contribution is 6.30. The van der Waals surface area contributed by atoms with E-state index in [1.165, 1.54) is 12.8 Å². The van der Waals surface area contributed by atoms with E-state index in [0.717, 1.165) is 24.2 Å². The van der Waals surface area contributed by atoms with Crippen molar-refractivity contribution < 1.29 is 9.47 Å². The Balaban J connectivity index is 2.83. The lowest BCUT2D eigenvalue weighted by molar-refractivity contribution is 0.283. The summed E-state index contributed by atoms with van der Waals surface area (Å²) < 4.78 is 11.1. The Morgan fingerprint density at radius 3 is 2.67 bits per heavy atom. The van der Waals surface area contributed by atoms with E-state index in [2.05, 4.69) is 6.92 Å². The molecule has 0 saturated carbocycles. The van der Waals surface area contributed by atoms with E-state index in [0.29, 0.717) is 23.9 Å². The highest BCUT2D eigenvalue weighted by Gasteiger charge is 2.12. The first-order valence-corrected chi connectivity index (χ1v) is 6.80. The van der Waals surface area contributed by atoms with Gasteiger partial charge in [-0.05, 0) is 25.5 Å². The first-order chi connectivity index (χ1) is 8.72. The molecule has 0 heterocycles. The van der Waals surface area contributed by atoms with Gasteiger partial charge in [0.25, 0.3) is 0 Å². The van der Waals surface area contributed by atoms with Crippen molar-refractivity contribution in [3.8, 4) is 11.5 Å². The molecule has 18 heavy (non-hydrogen) atoms. The fraction of sp³-hybridized carbons (Fsp3) is 0.571. The van der Waals surface area contributed by atoms with Crippen molar-refractivity contribution >= 4 is 11.6 Å². The Morgan fingerprint density at radius 1 is 1.28 bits per heavy atom. The maximum absolute atomic E-state index is 6.04. The van der Waals surface area contributed by atoms with Gasteiger partial charge in [-0.2, -0.15) is 0 Å². The van der Waals surface area contributed by atoms with Crippen LogP contribution in [0.4, 0.5) is 0 Å². The number of hydrogen-bond donors (Lipinski definition) is 1. The van der Waals surface area contributed by atoms with E-state index in [1.807, 2.05) is 6.07 Å². The average Bonchev–Trinajstić information content (AvgIpc) is 2.36. The van der Waals surface area contributed by atoms with Gasteiger partial charge in [0.15, 0.2) is 11.5 Å². The number of nitrogens with two attached hydrogens (primary N) is 1. The molecule has 4 heteroatoms. The SMILES string of the molecule is CCCCCOc1c(CCN)cc(Cl)cc1OC. The summed E-state index contributed by atoms with van der Waals surface area (Å²) in [5.74, 6) is 1.46. The molecule has 0 aromatic heterocycles. The largest absolute Gasteiger partial charge is 0.493 e. The standard InChI is InChI=1S/C14H22ClNO2/c1-3-4-5-8-18-14-11(6-7-16)9-12(15)10-13(14)17-2/h9-10H,3-8,16H2,1-2H3. The van der Waals surface area contributed by atoms with E-state index in [9.17, 15) is 0 Å². The van der Waals surface area contributed by atoms with Gasteiger partial charge in [-0.1, -0.05) is 31.4 Å². The van der Waals surface area contributed by atoms with Crippen molar-refractivity contribution in [2.45, 2.75) is 32.6 Å². The molecule has 0 amide bonds. The molecule has 2 N–H and O–H groups in total. The lowest BCUT2D eigenvalue weighted by atomic mass is 10.1. The van der Waals surface area contributed by atoms with Gasteiger partial charge in [-0.25, -0.2) is 0 Å². The van der Waals surface area contributed by atoms with Crippen LogP contribution < -0.4 is 15.2 Å². The summed E-state index contributed by atoms with van der Waals surface area (Å²) in [6, 6.07) is 3.67. The number of ether oxygens (including phenoxy) is 2. The highest BCUT2D eigenvalue weighted by Crippen LogP contribution is 2.35. The van der Waals surface area contributed by atoms with Crippen LogP contribution in [0.15, 0.2) is 12.1 Å². The fourth-order valence-corrected chi connectivity index (χ4v) is 2.04. The van der Waals surface area contributed by atoms with Gasteiger partial charge in [0, 0.05) is 16.7 Å². The normalized spacial score (nSPS) is 10.4. The average molecular weight is 272 g/mol. The van der Waals surface area contributed by atoms with Crippen LogP contribution in [0.5, 0.6) is 11.5 Å². The topological polar surface area (TPSA) is 44.5 Å². The van der Waals surface area contributed by atoms with Crippen LogP contribution >= 0.6 is 11.6 Å². The van der Waals surface area contributed by atoms with Crippen molar-refractivity contribution in [3.63, 3.8) is 0 Å². The summed E-state index contributed by atoms with van der Waals surface area (Å²) in [7, 11) is 1.62. The molecule has 0 aliphatic carbocycles. The van der Waals surface area contributed by atoms with Gasteiger partial charge in [0.2, 0.25) is 0 Å². The third-order valence-electron chi connectivity index (χ3n) is 2.72. The summed E-state index contributed by atoms with van der Waals surface area (Å²) in [6.07, 6.45) is 4.13. The van der Waals surface area contributed by atoms with Gasteiger partial charge < -0.3 is 15.2 Å². The van der Waals surface area contributed by atoms with E-state index < -0.39 is 0 Å². The molecule has 0 fully saturated rings. The minimum atomic E-state index is 0.564. The minimum absolute atomic E-state index is 0.564. The third-order valence-corrected chi connectivity index (χ3v) is 2.94. The first-order valence-electron chi connectivity index (χ1n) is 6.42. The molecule has 0 saturated heterocycles. The van der Waals surface area contributed by atoms with Crippen LogP contribution in [-0.2, 0) is 6.42 Å². The summed E-state index contributed by atoms with van der Waals surface area (Å²) in [5.41, 5.74) is 6.62. The van der Waals surface area contributed by atoms with Crippen LogP contribution in [0.1, 0.15) is 31.7 Å². The van der Waals surface area contributed by atoms with Gasteiger partial charge in [0.1, 0.15) is 0 Å². The van der Waals surface area contributed by atoms with Crippen molar-refractivity contribution in [1.29, 1.82) is 0 Å². The molecule has 3 nitrogen and oxygen atoms in total. The predicted octanol–water partition coefficient (Wildman–Crippen LogP) is 3.42. The van der Waals surface area contributed by atoms with Gasteiger partial charge in [-0.15, -0.1) is 0 Å². The quantitative estimate of drug-likeness (QED) is 0.737. The molecule has 1 aromatic rings. The number of methoxy groups -OCH3 is 1. The molecule has 0 radical (unpaired) electrons. The van der Waals surface area contributed by atoms with E-state index in [4.69, 9.17) is 26.8 Å². The van der Waals surface area contributed by atoms with Crippen molar-refractivity contribution in [3.05, 3.63) is 22.7 Å². The predicted molar refractivity (Wildman–Crippen MR) is 75.8 cm³/mol. The Morgan fingerprint density at radius 2 is 2.06 bits per heavy atom. The maximum atomic E-state index is 6.04. The summed E-state index contributed by atoms with van der Waals surface area (Å²) >= 11 is 6.04. The maximum Gasteiger partial charge on any atom is 0.164 e. The van der Waals surface area contributed by atoms with Gasteiger partial charge >= 0.3 is 0 Å². The molecule has 0 bridgehead atoms. The molecule has 0 unspecified atom stereocenters. The molecule has 1 aromatic carbocycles. The molecule has 1 rings (SSSR count). The van der Waals surface area contributed by atoms with Gasteiger partial charge in [0.05, 0.1) is 13.7 Å². The van der Waals surface area contributed by atoms with E-state index in [1.54, 1.807) is 13.2 Å². The zero-order valence-electron chi connectivity index (χ0n) is 11.2. The second kappa shape index (κ2) is 8.22. The first kappa shape index (κ1) is 15.1. The second-order valence-corrected chi connectivity index (χ2v) is 4.63. The molecule has 0 atom stereocenters. The number of benzene rings is 1. The Kier molecular flexibility index (Phi) is 6.91. The summed E-state index contributed by atoms with van der Waals surface area (Å²) in [5, 5.41) is 0.649. The Bertz CT molecular complexity index is 369. The zero-order valence-corrected chi connectivity index (χ0v) is 11.9. The molecule has 0 aliphatic rings. The van der Waals surface area contributed by atoms with Crippen LogP contribution in [0, 0.1) is 0 Å². The van der Waals surface area contributed by atoms with E-state index in [-0.39, 0.29) is 0 Å². The third kappa shape index (κ3) is 4.39. The lowest BCUT2D eigenvalue weighted by Crippen LogP contribution is -2.07. The number of rotatable bonds is 8. The minimum Gasteiger partial charge on any atom is -0.493 e. The van der Waals surface area contributed by atoms with Crippen molar-refractivity contribution in [2.75, 3.05) is 20.3 Å². The molecule has 0 aliphatic heterocycles. The molecular formula is C14H22ClNO2. The number of unbranched alkanes of at least 4 members (excludes halogenated alkanes) is 2. The molecular weight excluding hydrogens is 250 g/mol. The molecule has 102 valence electrons. The van der Waals surface area contributed by atoms with Crippen molar-refractivity contribution in [2.24, 2.45) is 5.73 Å². The smallest absolute Gasteiger partial charge is 0.164 e. The summed E-state index contributed by atoms with van der Waals surface area (Å²) in [4.78, 5) is 0. The van der Waals surface area contributed by atoms with Gasteiger partial charge in [-0.3, -0.25) is 0 Å². The monoisotopic (exact) mass is 271 g/mol. The molecule has 0 spiro atoms. The van der Waals surface area contributed by atoms with Crippen molar-refractivity contribution in [1.82, 2.24) is 0 Å². The highest BCUT2D eigenvalue weighted by atomic mass is 35.5. The number of hydrogen-bond acceptors (Lipinski definition) is 3.